The van der Waals surface area contributed by atoms with E-state index in [2.05, 4.69) is 20.6 Å². The number of hydrogen-bond acceptors (Lipinski definition) is 5. The summed E-state index contributed by atoms with van der Waals surface area (Å²) in [4.78, 5) is 20.4. The topological polar surface area (TPSA) is 76.1 Å². The molecule has 2 aromatic heterocycles. The maximum absolute atomic E-state index is 13.4. The van der Waals surface area contributed by atoms with Crippen LogP contribution in [0.3, 0.4) is 0 Å². The molecule has 3 aromatic rings. The molecule has 1 saturated carbocycles. The van der Waals surface area contributed by atoms with Gasteiger partial charge < -0.3 is 15.4 Å². The molecule has 0 bridgehead atoms. The highest BCUT2D eigenvalue weighted by atomic mass is 35.5. The van der Waals surface area contributed by atoms with Crippen LogP contribution in [0.15, 0.2) is 36.5 Å². The number of anilines is 1. The molecule has 0 spiro atoms. The summed E-state index contributed by atoms with van der Waals surface area (Å²) in [6.45, 7) is 0. The van der Waals surface area contributed by atoms with E-state index < -0.39 is 11.9 Å². The molecule has 2 N–H and O–H groups in total. The van der Waals surface area contributed by atoms with Gasteiger partial charge in [-0.05, 0) is 49.9 Å². The molecule has 1 fully saturated rings. The first kappa shape index (κ1) is 24.3. The van der Waals surface area contributed by atoms with Gasteiger partial charge in [-0.2, -0.15) is 13.2 Å². The Morgan fingerprint density at radius 2 is 1.79 bits per heavy atom. The second-order valence-corrected chi connectivity index (χ2v) is 8.93. The van der Waals surface area contributed by atoms with Crippen LogP contribution in [0.5, 0.6) is 5.88 Å². The Morgan fingerprint density at radius 3 is 2.47 bits per heavy atom. The molecule has 34 heavy (non-hydrogen) atoms. The molecule has 0 radical (unpaired) electrons. The fourth-order valence-electron chi connectivity index (χ4n) is 4.03. The maximum Gasteiger partial charge on any atom is 0.433 e. The third-order valence-corrected chi connectivity index (χ3v) is 6.30. The average Bonchev–Trinajstić information content (AvgIpc) is 2.80. The molecule has 1 aliphatic rings. The minimum absolute atomic E-state index is 0.0663. The fraction of sp³-hybridized carbons (Fsp3) is 0.348. The second-order valence-electron chi connectivity index (χ2n) is 8.09. The van der Waals surface area contributed by atoms with Gasteiger partial charge in [0.1, 0.15) is 5.69 Å². The Kier molecular flexibility index (Phi) is 7.04. The van der Waals surface area contributed by atoms with Crippen molar-refractivity contribution in [3.05, 3.63) is 57.8 Å². The summed E-state index contributed by atoms with van der Waals surface area (Å²) >= 11 is 12.2. The van der Waals surface area contributed by atoms with Crippen molar-refractivity contribution in [2.75, 3.05) is 12.4 Å². The third-order valence-electron chi connectivity index (χ3n) is 5.77. The van der Waals surface area contributed by atoms with Gasteiger partial charge in [-0.3, -0.25) is 4.79 Å². The monoisotopic (exact) mass is 512 g/mol. The number of ether oxygens (including phenoxy) is 1. The van der Waals surface area contributed by atoms with E-state index in [9.17, 15) is 18.0 Å². The number of halogens is 5. The molecule has 1 aromatic carbocycles. The number of nitrogens with zero attached hydrogens (tertiary/aromatic N) is 2. The number of rotatable bonds is 5. The van der Waals surface area contributed by atoms with Crippen molar-refractivity contribution >= 4 is 45.7 Å². The average molecular weight is 513 g/mol. The molecular weight excluding hydrogens is 492 g/mol. The number of methoxy groups -OCH3 is 1. The van der Waals surface area contributed by atoms with Crippen LogP contribution in [-0.2, 0) is 6.18 Å². The first-order valence-electron chi connectivity index (χ1n) is 10.6. The molecule has 0 aliphatic heterocycles. The Morgan fingerprint density at radius 1 is 1.09 bits per heavy atom. The number of pyridine rings is 2. The lowest BCUT2D eigenvalue weighted by Gasteiger charge is -2.31. The van der Waals surface area contributed by atoms with E-state index in [0.29, 0.717) is 41.8 Å². The van der Waals surface area contributed by atoms with Crippen molar-refractivity contribution in [1.82, 2.24) is 15.3 Å². The van der Waals surface area contributed by atoms with Gasteiger partial charge in [0.2, 0.25) is 5.88 Å². The van der Waals surface area contributed by atoms with E-state index in [-0.39, 0.29) is 40.0 Å². The highest BCUT2D eigenvalue weighted by Gasteiger charge is 2.34. The summed E-state index contributed by atoms with van der Waals surface area (Å²) < 4.78 is 45.1. The number of alkyl halides is 3. The zero-order valence-electron chi connectivity index (χ0n) is 18.0. The summed E-state index contributed by atoms with van der Waals surface area (Å²) in [6.07, 6.45) is -0.591. The van der Waals surface area contributed by atoms with Gasteiger partial charge in [0, 0.05) is 34.2 Å². The van der Waals surface area contributed by atoms with Crippen molar-refractivity contribution in [3.8, 4) is 5.88 Å². The minimum atomic E-state index is -4.57. The van der Waals surface area contributed by atoms with Crippen LogP contribution in [0.2, 0.25) is 10.0 Å². The van der Waals surface area contributed by atoms with Crippen LogP contribution < -0.4 is 15.4 Å². The van der Waals surface area contributed by atoms with Crippen molar-refractivity contribution in [2.24, 2.45) is 0 Å². The van der Waals surface area contributed by atoms with Crippen LogP contribution in [0, 0.1) is 0 Å². The third kappa shape index (κ3) is 5.47. The molecule has 2 heterocycles. The Labute approximate surface area is 203 Å². The Hall–Kier alpha value is -2.78. The van der Waals surface area contributed by atoms with Gasteiger partial charge in [0.15, 0.2) is 0 Å². The Bertz CT molecular complexity index is 1210. The highest BCUT2D eigenvalue weighted by Crippen LogP contribution is 2.35. The zero-order chi connectivity index (χ0) is 24.5. The van der Waals surface area contributed by atoms with Gasteiger partial charge in [0.25, 0.3) is 5.91 Å². The largest absolute Gasteiger partial charge is 0.481 e. The van der Waals surface area contributed by atoms with Crippen molar-refractivity contribution < 1.29 is 22.7 Å². The number of fused-ring (bicyclic) bond motifs is 1. The summed E-state index contributed by atoms with van der Waals surface area (Å²) in [7, 11) is 1.45. The second kappa shape index (κ2) is 9.84. The van der Waals surface area contributed by atoms with Gasteiger partial charge in [-0.25, -0.2) is 9.97 Å². The minimum Gasteiger partial charge on any atom is -0.481 e. The van der Waals surface area contributed by atoms with E-state index in [1.54, 1.807) is 6.07 Å². The molecule has 4 rings (SSSR count). The summed E-state index contributed by atoms with van der Waals surface area (Å²) in [5, 5.41) is 7.36. The number of hydrogen-bond donors (Lipinski definition) is 2. The van der Waals surface area contributed by atoms with Gasteiger partial charge in [-0.15, -0.1) is 0 Å². The predicted octanol–water partition coefficient (Wildman–Crippen LogP) is 6.12. The molecule has 11 heteroatoms. The maximum atomic E-state index is 13.4. The molecule has 0 unspecified atom stereocenters. The van der Waals surface area contributed by atoms with E-state index in [1.807, 2.05) is 0 Å². The summed E-state index contributed by atoms with van der Waals surface area (Å²) in [6, 6.07) is 6.93. The number of amides is 1. The van der Waals surface area contributed by atoms with Crippen molar-refractivity contribution in [3.63, 3.8) is 0 Å². The van der Waals surface area contributed by atoms with Crippen LogP contribution in [0.1, 0.15) is 41.7 Å². The SMILES string of the molecule is COc1cc(C(=O)NC2CCC(Nc3cc(C(F)(F)F)nc4ccc(Cl)cc34)CC2)c(Cl)cn1. The quantitative estimate of drug-likeness (QED) is 0.430. The number of carbonyl (C=O) groups excluding carboxylic acids is 1. The molecule has 180 valence electrons. The lowest BCUT2D eigenvalue weighted by molar-refractivity contribution is -0.140. The predicted molar refractivity (Wildman–Crippen MR) is 125 cm³/mol. The van der Waals surface area contributed by atoms with Crippen LogP contribution in [-0.4, -0.2) is 35.1 Å². The van der Waals surface area contributed by atoms with Gasteiger partial charge in [-0.1, -0.05) is 23.2 Å². The van der Waals surface area contributed by atoms with E-state index >= 15 is 0 Å². The standard InChI is InChI=1S/C23H21Cl2F3N4O2/c1-34-21-9-15(17(25)11-29-21)22(33)31-14-5-3-13(4-6-14)30-19-10-20(23(26,27)28)32-18-7-2-12(24)8-16(18)19/h2,7-11,13-14H,3-6H2,1H3,(H,30,32)(H,31,33). The molecule has 0 saturated heterocycles. The van der Waals surface area contributed by atoms with E-state index in [1.165, 1.54) is 31.5 Å². The van der Waals surface area contributed by atoms with E-state index in [0.717, 1.165) is 6.07 Å². The number of aromatic nitrogens is 2. The number of carbonyl (C=O) groups is 1. The summed E-state index contributed by atoms with van der Waals surface area (Å²) in [5.74, 6) is -0.0444. The molecular formula is C23H21Cl2F3N4O2. The van der Waals surface area contributed by atoms with Crippen LogP contribution in [0.25, 0.3) is 10.9 Å². The number of nitrogens with one attached hydrogen (secondary N) is 2. The Balaban J connectivity index is 1.44. The van der Waals surface area contributed by atoms with Gasteiger partial charge in [0.05, 0.1) is 29.4 Å². The van der Waals surface area contributed by atoms with E-state index in [4.69, 9.17) is 27.9 Å². The molecule has 1 amide bonds. The highest BCUT2D eigenvalue weighted by molar-refractivity contribution is 6.33. The smallest absolute Gasteiger partial charge is 0.433 e. The normalized spacial score (nSPS) is 18.5. The summed E-state index contributed by atoms with van der Waals surface area (Å²) in [5.41, 5.74) is -0.140. The lowest BCUT2D eigenvalue weighted by Crippen LogP contribution is -2.40. The van der Waals surface area contributed by atoms with Crippen LogP contribution >= 0.6 is 23.2 Å². The molecule has 1 aliphatic carbocycles. The first-order chi connectivity index (χ1) is 16.1. The van der Waals surface area contributed by atoms with Crippen LogP contribution in [0.4, 0.5) is 18.9 Å². The molecule has 0 atom stereocenters. The zero-order valence-corrected chi connectivity index (χ0v) is 19.6. The molecule has 6 nitrogen and oxygen atoms in total. The number of benzene rings is 1. The van der Waals surface area contributed by atoms with Crippen molar-refractivity contribution in [1.29, 1.82) is 0 Å². The first-order valence-corrected chi connectivity index (χ1v) is 11.3. The van der Waals surface area contributed by atoms with Crippen molar-refractivity contribution in [2.45, 2.75) is 43.9 Å². The fourth-order valence-corrected chi connectivity index (χ4v) is 4.39. The lowest BCUT2D eigenvalue weighted by atomic mass is 9.90. The van der Waals surface area contributed by atoms with Gasteiger partial charge >= 0.3 is 6.18 Å².